The van der Waals surface area contributed by atoms with Gasteiger partial charge in [0.2, 0.25) is 0 Å². The molecular formula is C40H74O3. The Morgan fingerprint density at radius 3 is 1.30 bits per heavy atom. The molecule has 0 N–H and O–H groups in total. The molecule has 0 saturated carbocycles. The summed E-state index contributed by atoms with van der Waals surface area (Å²) in [6, 6.07) is 0. The van der Waals surface area contributed by atoms with E-state index in [2.05, 4.69) is 44.7 Å². The number of ether oxygens (including phenoxy) is 2. The lowest BCUT2D eigenvalue weighted by Crippen LogP contribution is -2.18. The van der Waals surface area contributed by atoms with Gasteiger partial charge in [-0.1, -0.05) is 147 Å². The van der Waals surface area contributed by atoms with Gasteiger partial charge < -0.3 is 9.47 Å². The summed E-state index contributed by atoms with van der Waals surface area (Å²) < 4.78 is 11.3. The molecule has 252 valence electrons. The SMILES string of the molecule is C=C(CCCCCCC/C=C\CCCCCCCC)OC(C)COC(=O)CCCCCCC/C=C\CCCCCCCC. The maximum absolute atomic E-state index is 12.1. The predicted molar refractivity (Wildman–Crippen MR) is 190 cm³/mol. The Morgan fingerprint density at radius 2 is 0.884 bits per heavy atom. The molecule has 0 aromatic heterocycles. The smallest absolute Gasteiger partial charge is 0.305 e. The Labute approximate surface area is 269 Å². The van der Waals surface area contributed by atoms with Gasteiger partial charge in [-0.3, -0.25) is 4.79 Å². The zero-order chi connectivity index (χ0) is 31.5. The van der Waals surface area contributed by atoms with E-state index in [1.165, 1.54) is 148 Å². The van der Waals surface area contributed by atoms with Crippen LogP contribution in [0.4, 0.5) is 0 Å². The van der Waals surface area contributed by atoms with Gasteiger partial charge in [0.25, 0.3) is 0 Å². The summed E-state index contributed by atoms with van der Waals surface area (Å²) in [4.78, 5) is 12.1. The summed E-state index contributed by atoms with van der Waals surface area (Å²) >= 11 is 0. The van der Waals surface area contributed by atoms with Crippen LogP contribution in [0.3, 0.4) is 0 Å². The van der Waals surface area contributed by atoms with Crippen molar-refractivity contribution in [1.29, 1.82) is 0 Å². The van der Waals surface area contributed by atoms with E-state index in [0.29, 0.717) is 13.0 Å². The largest absolute Gasteiger partial charge is 0.492 e. The molecule has 0 radical (unpaired) electrons. The number of hydrogen-bond acceptors (Lipinski definition) is 3. The Kier molecular flexibility index (Phi) is 33.7. The van der Waals surface area contributed by atoms with Gasteiger partial charge in [-0.2, -0.15) is 0 Å². The Bertz CT molecular complexity index is 650. The third-order valence-corrected chi connectivity index (χ3v) is 8.21. The van der Waals surface area contributed by atoms with Gasteiger partial charge in [-0.25, -0.2) is 0 Å². The molecule has 1 unspecified atom stereocenters. The van der Waals surface area contributed by atoms with Crippen LogP contribution in [-0.4, -0.2) is 18.7 Å². The van der Waals surface area contributed by atoms with Crippen LogP contribution in [0.5, 0.6) is 0 Å². The minimum atomic E-state index is -0.131. The van der Waals surface area contributed by atoms with Gasteiger partial charge in [0.1, 0.15) is 12.7 Å². The molecule has 0 fully saturated rings. The van der Waals surface area contributed by atoms with Crippen molar-refractivity contribution in [3.05, 3.63) is 36.6 Å². The van der Waals surface area contributed by atoms with Crippen molar-refractivity contribution >= 4 is 5.97 Å². The lowest BCUT2D eigenvalue weighted by molar-refractivity contribution is -0.146. The maximum Gasteiger partial charge on any atom is 0.305 e. The number of carbonyl (C=O) groups is 1. The van der Waals surface area contributed by atoms with Crippen LogP contribution >= 0.6 is 0 Å². The Hall–Kier alpha value is -1.51. The summed E-state index contributed by atoms with van der Waals surface area (Å²) in [5, 5.41) is 0. The molecule has 0 aliphatic heterocycles. The number of unbranched alkanes of at least 4 members (excludes halogenated alkanes) is 22. The fourth-order valence-corrected chi connectivity index (χ4v) is 5.39. The van der Waals surface area contributed by atoms with Crippen LogP contribution in [0.15, 0.2) is 36.6 Å². The number of esters is 1. The molecule has 0 aromatic carbocycles. The Balaban J connectivity index is 3.46. The lowest BCUT2D eigenvalue weighted by Gasteiger charge is -2.16. The monoisotopic (exact) mass is 603 g/mol. The fourth-order valence-electron chi connectivity index (χ4n) is 5.39. The summed E-state index contributed by atoms with van der Waals surface area (Å²) in [6.45, 7) is 10.9. The van der Waals surface area contributed by atoms with E-state index in [4.69, 9.17) is 9.47 Å². The first kappa shape index (κ1) is 41.5. The van der Waals surface area contributed by atoms with Crippen molar-refractivity contribution in [1.82, 2.24) is 0 Å². The molecule has 3 heteroatoms. The second-order valence-electron chi connectivity index (χ2n) is 12.8. The molecule has 0 amide bonds. The first-order chi connectivity index (χ1) is 21.1. The third-order valence-electron chi connectivity index (χ3n) is 8.21. The first-order valence-corrected chi connectivity index (χ1v) is 18.9. The number of carbonyl (C=O) groups excluding carboxylic acids is 1. The van der Waals surface area contributed by atoms with E-state index in [1.54, 1.807) is 0 Å². The summed E-state index contributed by atoms with van der Waals surface area (Å²) in [5.41, 5.74) is 0. The van der Waals surface area contributed by atoms with E-state index in [1.807, 2.05) is 6.92 Å². The van der Waals surface area contributed by atoms with Crippen molar-refractivity contribution in [2.24, 2.45) is 0 Å². The summed E-state index contributed by atoms with van der Waals surface area (Å²) in [5.74, 6) is 0.717. The van der Waals surface area contributed by atoms with Crippen molar-refractivity contribution in [3.63, 3.8) is 0 Å². The van der Waals surface area contributed by atoms with E-state index in [9.17, 15) is 4.79 Å². The molecule has 3 nitrogen and oxygen atoms in total. The van der Waals surface area contributed by atoms with Crippen LogP contribution in [0.2, 0.25) is 0 Å². The van der Waals surface area contributed by atoms with E-state index in [0.717, 1.165) is 31.4 Å². The highest BCUT2D eigenvalue weighted by atomic mass is 16.6. The minimum absolute atomic E-state index is 0.101. The molecule has 0 aliphatic rings. The lowest BCUT2D eigenvalue weighted by atomic mass is 10.1. The first-order valence-electron chi connectivity index (χ1n) is 18.9. The molecule has 0 bridgehead atoms. The van der Waals surface area contributed by atoms with Crippen LogP contribution in [0, 0.1) is 0 Å². The fraction of sp³-hybridized carbons (Fsp3) is 0.825. The second-order valence-corrected chi connectivity index (χ2v) is 12.8. The molecule has 0 spiro atoms. The normalized spacial score (nSPS) is 12.3. The van der Waals surface area contributed by atoms with Gasteiger partial charge in [-0.15, -0.1) is 0 Å². The average molecular weight is 603 g/mol. The highest BCUT2D eigenvalue weighted by Gasteiger charge is 2.09. The van der Waals surface area contributed by atoms with Crippen molar-refractivity contribution in [3.8, 4) is 0 Å². The van der Waals surface area contributed by atoms with Gasteiger partial charge in [-0.05, 0) is 71.1 Å². The van der Waals surface area contributed by atoms with Crippen LogP contribution in [0.1, 0.15) is 201 Å². The topological polar surface area (TPSA) is 35.5 Å². The number of allylic oxidation sites excluding steroid dienone is 5. The highest BCUT2D eigenvalue weighted by molar-refractivity contribution is 5.69. The van der Waals surface area contributed by atoms with Gasteiger partial charge >= 0.3 is 5.97 Å². The average Bonchev–Trinajstić information content (AvgIpc) is 3.00. The molecule has 0 heterocycles. The quantitative estimate of drug-likeness (QED) is 0.0318. The van der Waals surface area contributed by atoms with Crippen LogP contribution in [-0.2, 0) is 14.3 Å². The minimum Gasteiger partial charge on any atom is -0.492 e. The van der Waals surface area contributed by atoms with Gasteiger partial charge in [0.15, 0.2) is 0 Å². The van der Waals surface area contributed by atoms with E-state index < -0.39 is 0 Å². The highest BCUT2D eigenvalue weighted by Crippen LogP contribution is 2.15. The molecule has 1 atom stereocenters. The summed E-state index contributed by atoms with van der Waals surface area (Å²) in [7, 11) is 0. The van der Waals surface area contributed by atoms with Gasteiger partial charge in [0, 0.05) is 12.8 Å². The standard InChI is InChI=1S/C40H74O3/c1-5-7-9-11-13-15-17-19-21-23-25-27-29-31-33-35-38(3)43-39(4)37-42-40(41)36-34-32-30-28-26-24-22-20-18-16-14-12-10-8-6-2/h19-22,39H,3,5-18,23-37H2,1-2,4H3/b21-19-,22-20-. The Morgan fingerprint density at radius 1 is 0.535 bits per heavy atom. The number of hydrogen-bond donors (Lipinski definition) is 0. The molecular weight excluding hydrogens is 528 g/mol. The maximum atomic E-state index is 12.1. The molecule has 43 heavy (non-hydrogen) atoms. The molecule has 0 aromatic rings. The predicted octanol–water partition coefficient (Wildman–Crippen LogP) is 13.5. The molecule has 0 rings (SSSR count). The van der Waals surface area contributed by atoms with Gasteiger partial charge in [0.05, 0.1) is 5.76 Å². The molecule has 0 aliphatic carbocycles. The van der Waals surface area contributed by atoms with Crippen LogP contribution < -0.4 is 0 Å². The zero-order valence-electron chi connectivity index (χ0n) is 29.3. The molecule has 0 saturated heterocycles. The third kappa shape index (κ3) is 34.8. The summed E-state index contributed by atoms with van der Waals surface area (Å²) in [6.07, 6.45) is 44.2. The van der Waals surface area contributed by atoms with Crippen molar-refractivity contribution < 1.29 is 14.3 Å². The second kappa shape index (κ2) is 35.0. The van der Waals surface area contributed by atoms with Crippen LogP contribution in [0.25, 0.3) is 0 Å². The number of rotatable bonds is 34. The zero-order valence-corrected chi connectivity index (χ0v) is 29.3. The van der Waals surface area contributed by atoms with E-state index >= 15 is 0 Å². The van der Waals surface area contributed by atoms with E-state index in [-0.39, 0.29) is 12.1 Å². The van der Waals surface area contributed by atoms with Crippen molar-refractivity contribution in [2.45, 2.75) is 207 Å². The van der Waals surface area contributed by atoms with Crippen molar-refractivity contribution in [2.75, 3.05) is 6.61 Å².